The zero-order valence-electron chi connectivity index (χ0n) is 10.5. The van der Waals surface area contributed by atoms with Crippen molar-refractivity contribution in [2.75, 3.05) is 5.73 Å². The molecule has 0 saturated heterocycles. The Bertz CT molecular complexity index is 543. The topological polar surface area (TPSA) is 35.2 Å². The molecule has 0 atom stereocenters. The third kappa shape index (κ3) is 3.05. The summed E-state index contributed by atoms with van der Waals surface area (Å²) in [6, 6.07) is 12.1. The summed E-state index contributed by atoms with van der Waals surface area (Å²) in [7, 11) is 0. The van der Waals surface area contributed by atoms with Crippen LogP contribution in [0.4, 0.5) is 5.69 Å². The Hall–Kier alpha value is -1.48. The van der Waals surface area contributed by atoms with E-state index in [1.165, 1.54) is 5.56 Å². The average Bonchev–Trinajstić information content (AvgIpc) is 2.27. The first-order valence-corrected chi connectivity index (χ1v) is 6.59. The Morgan fingerprint density at radius 2 is 1.94 bits per heavy atom. The Morgan fingerprint density at radius 3 is 2.61 bits per heavy atom. The van der Waals surface area contributed by atoms with Gasteiger partial charge in [-0.15, -0.1) is 0 Å². The summed E-state index contributed by atoms with van der Waals surface area (Å²) in [5, 5.41) is 0. The van der Waals surface area contributed by atoms with E-state index in [1.807, 2.05) is 25.1 Å². The van der Waals surface area contributed by atoms with Crippen LogP contribution in [0, 0.1) is 13.8 Å². The predicted molar refractivity (Wildman–Crippen MR) is 78.8 cm³/mol. The van der Waals surface area contributed by atoms with Gasteiger partial charge in [-0.05, 0) is 37.1 Å². The molecule has 0 saturated carbocycles. The zero-order valence-corrected chi connectivity index (χ0v) is 12.1. The molecule has 0 spiro atoms. The second kappa shape index (κ2) is 5.44. The molecule has 0 amide bonds. The lowest BCUT2D eigenvalue weighted by atomic mass is 10.1. The number of halogens is 1. The maximum Gasteiger partial charge on any atom is 0.145 e. The largest absolute Gasteiger partial charge is 0.486 e. The van der Waals surface area contributed by atoms with E-state index in [4.69, 9.17) is 10.5 Å². The highest BCUT2D eigenvalue weighted by atomic mass is 79.9. The number of benzene rings is 2. The molecule has 18 heavy (non-hydrogen) atoms. The molecule has 0 aliphatic heterocycles. The van der Waals surface area contributed by atoms with Crippen molar-refractivity contribution in [2.24, 2.45) is 0 Å². The smallest absolute Gasteiger partial charge is 0.145 e. The summed E-state index contributed by atoms with van der Waals surface area (Å²) in [6.45, 7) is 4.60. The second-order valence-corrected chi connectivity index (χ2v) is 5.33. The lowest BCUT2D eigenvalue weighted by Crippen LogP contribution is -2.01. The third-order valence-electron chi connectivity index (χ3n) is 2.73. The average molecular weight is 306 g/mol. The Labute approximate surface area is 116 Å². The van der Waals surface area contributed by atoms with Crippen molar-refractivity contribution in [1.29, 1.82) is 0 Å². The van der Waals surface area contributed by atoms with Crippen LogP contribution in [-0.4, -0.2) is 0 Å². The SMILES string of the molecule is Cc1cccc(COc2c(C)cc(Br)cc2N)c1. The number of nitrogens with two attached hydrogens (primary N) is 1. The minimum absolute atomic E-state index is 0.536. The first-order valence-electron chi connectivity index (χ1n) is 5.80. The molecule has 2 rings (SSSR count). The summed E-state index contributed by atoms with van der Waals surface area (Å²) >= 11 is 3.42. The van der Waals surface area contributed by atoms with Gasteiger partial charge in [0.2, 0.25) is 0 Å². The van der Waals surface area contributed by atoms with Gasteiger partial charge >= 0.3 is 0 Å². The molecule has 2 aromatic rings. The van der Waals surface area contributed by atoms with E-state index in [0.717, 1.165) is 21.3 Å². The monoisotopic (exact) mass is 305 g/mol. The van der Waals surface area contributed by atoms with Gasteiger partial charge in [0.05, 0.1) is 5.69 Å². The first-order chi connectivity index (χ1) is 8.56. The second-order valence-electron chi connectivity index (χ2n) is 4.42. The van der Waals surface area contributed by atoms with Crippen molar-refractivity contribution in [2.45, 2.75) is 20.5 Å². The van der Waals surface area contributed by atoms with Gasteiger partial charge in [0, 0.05) is 4.47 Å². The molecule has 0 unspecified atom stereocenters. The van der Waals surface area contributed by atoms with Gasteiger partial charge in [-0.3, -0.25) is 0 Å². The fraction of sp³-hybridized carbons (Fsp3) is 0.200. The molecule has 3 heteroatoms. The number of ether oxygens (including phenoxy) is 1. The number of aryl methyl sites for hydroxylation is 2. The lowest BCUT2D eigenvalue weighted by Gasteiger charge is -2.12. The van der Waals surface area contributed by atoms with E-state index in [1.54, 1.807) is 0 Å². The number of nitrogen functional groups attached to an aromatic ring is 1. The van der Waals surface area contributed by atoms with Crippen LogP contribution in [0.1, 0.15) is 16.7 Å². The molecule has 94 valence electrons. The molecule has 0 aliphatic carbocycles. The number of hydrogen-bond donors (Lipinski definition) is 1. The van der Waals surface area contributed by atoms with Crippen molar-refractivity contribution < 1.29 is 4.74 Å². The Kier molecular flexibility index (Phi) is 3.92. The third-order valence-corrected chi connectivity index (χ3v) is 3.19. The van der Waals surface area contributed by atoms with E-state index < -0.39 is 0 Å². The van der Waals surface area contributed by atoms with E-state index in [0.29, 0.717) is 12.3 Å². The molecule has 0 aliphatic rings. The van der Waals surface area contributed by atoms with Crippen LogP contribution < -0.4 is 10.5 Å². The minimum Gasteiger partial charge on any atom is -0.486 e. The lowest BCUT2D eigenvalue weighted by molar-refractivity contribution is 0.306. The highest BCUT2D eigenvalue weighted by molar-refractivity contribution is 9.10. The Morgan fingerprint density at radius 1 is 1.17 bits per heavy atom. The summed E-state index contributed by atoms with van der Waals surface area (Å²) < 4.78 is 6.79. The van der Waals surface area contributed by atoms with Crippen molar-refractivity contribution in [3.05, 3.63) is 57.6 Å². The standard InChI is InChI=1S/C15H16BrNO/c1-10-4-3-5-12(6-10)9-18-15-11(2)7-13(16)8-14(15)17/h3-8H,9,17H2,1-2H3. The van der Waals surface area contributed by atoms with Gasteiger partial charge in [-0.25, -0.2) is 0 Å². The van der Waals surface area contributed by atoms with Crippen molar-refractivity contribution >= 4 is 21.6 Å². The highest BCUT2D eigenvalue weighted by Gasteiger charge is 2.06. The van der Waals surface area contributed by atoms with Crippen LogP contribution in [0.15, 0.2) is 40.9 Å². The number of rotatable bonds is 3. The maximum absolute atomic E-state index is 5.96. The first kappa shape index (κ1) is 13.0. The molecule has 0 aromatic heterocycles. The fourth-order valence-corrected chi connectivity index (χ4v) is 2.50. The van der Waals surface area contributed by atoms with Crippen LogP contribution in [-0.2, 0) is 6.61 Å². The van der Waals surface area contributed by atoms with Crippen molar-refractivity contribution in [1.82, 2.24) is 0 Å². The van der Waals surface area contributed by atoms with Gasteiger partial charge in [-0.1, -0.05) is 45.8 Å². The van der Waals surface area contributed by atoms with Crippen LogP contribution in [0.25, 0.3) is 0 Å². The van der Waals surface area contributed by atoms with Crippen LogP contribution >= 0.6 is 15.9 Å². The number of hydrogen-bond acceptors (Lipinski definition) is 2. The summed E-state index contributed by atoms with van der Waals surface area (Å²) in [6.07, 6.45) is 0. The minimum atomic E-state index is 0.536. The molecule has 2 N–H and O–H groups in total. The molecule has 0 bridgehead atoms. The molecular weight excluding hydrogens is 290 g/mol. The molecule has 2 nitrogen and oxygen atoms in total. The van der Waals surface area contributed by atoms with Gasteiger partial charge in [-0.2, -0.15) is 0 Å². The summed E-state index contributed by atoms with van der Waals surface area (Å²) in [4.78, 5) is 0. The van der Waals surface area contributed by atoms with Crippen LogP contribution in [0.2, 0.25) is 0 Å². The van der Waals surface area contributed by atoms with Crippen molar-refractivity contribution in [3.63, 3.8) is 0 Å². The maximum atomic E-state index is 5.96. The normalized spacial score (nSPS) is 10.4. The molecule has 2 aromatic carbocycles. The van der Waals surface area contributed by atoms with Crippen LogP contribution in [0.3, 0.4) is 0 Å². The van der Waals surface area contributed by atoms with Crippen LogP contribution in [0.5, 0.6) is 5.75 Å². The van der Waals surface area contributed by atoms with Gasteiger partial charge in [0.25, 0.3) is 0 Å². The fourth-order valence-electron chi connectivity index (χ4n) is 1.91. The van der Waals surface area contributed by atoms with E-state index in [-0.39, 0.29) is 0 Å². The van der Waals surface area contributed by atoms with E-state index in [2.05, 4.69) is 41.1 Å². The molecule has 0 radical (unpaired) electrons. The van der Waals surface area contributed by atoms with E-state index >= 15 is 0 Å². The molecule has 0 fully saturated rings. The molecular formula is C15H16BrNO. The van der Waals surface area contributed by atoms with E-state index in [9.17, 15) is 0 Å². The molecule has 0 heterocycles. The quantitative estimate of drug-likeness (QED) is 0.861. The summed E-state index contributed by atoms with van der Waals surface area (Å²) in [5.74, 6) is 0.764. The van der Waals surface area contributed by atoms with Gasteiger partial charge < -0.3 is 10.5 Å². The Balaban J connectivity index is 2.16. The number of anilines is 1. The summed E-state index contributed by atoms with van der Waals surface area (Å²) in [5.41, 5.74) is 10.0. The van der Waals surface area contributed by atoms with Gasteiger partial charge in [0.15, 0.2) is 0 Å². The zero-order chi connectivity index (χ0) is 13.1. The van der Waals surface area contributed by atoms with Gasteiger partial charge in [0.1, 0.15) is 12.4 Å². The highest BCUT2D eigenvalue weighted by Crippen LogP contribution is 2.30. The predicted octanol–water partition coefficient (Wildman–Crippen LogP) is 4.23. The van der Waals surface area contributed by atoms with Crippen molar-refractivity contribution in [3.8, 4) is 5.75 Å².